The maximum atomic E-state index is 6.04. The lowest BCUT2D eigenvalue weighted by Crippen LogP contribution is -2.28. The van der Waals surface area contributed by atoms with Crippen LogP contribution < -0.4 is 0 Å². The van der Waals surface area contributed by atoms with E-state index in [1.165, 1.54) is 6.42 Å². The van der Waals surface area contributed by atoms with Crippen LogP contribution in [0.15, 0.2) is 24.3 Å². The Balaban J connectivity index is 1.63. The summed E-state index contributed by atoms with van der Waals surface area (Å²) in [6.45, 7) is 3.12. The van der Waals surface area contributed by atoms with Crippen molar-refractivity contribution in [1.29, 1.82) is 0 Å². The number of allylic oxidation sites excluding steroid dienone is 3. The molecule has 0 saturated heterocycles. The molecule has 0 radical (unpaired) electrons. The molecular weight excluding hydrogens is 184 g/mol. The summed E-state index contributed by atoms with van der Waals surface area (Å²) in [5, 5.41) is 0. The summed E-state index contributed by atoms with van der Waals surface area (Å²) in [5.74, 6) is 3.52. The van der Waals surface area contributed by atoms with Gasteiger partial charge in [-0.3, -0.25) is 0 Å². The van der Waals surface area contributed by atoms with E-state index < -0.39 is 0 Å². The number of hydrogen-bond donors (Lipinski definition) is 0. The Morgan fingerprint density at radius 2 is 2.20 bits per heavy atom. The third-order valence-electron chi connectivity index (χ3n) is 5.14. The van der Waals surface area contributed by atoms with Crippen molar-refractivity contribution in [3.8, 4) is 0 Å². The highest BCUT2D eigenvalue weighted by Crippen LogP contribution is 2.80. The molecular formula is C14H18O. The average Bonchev–Trinajstić information content (AvgIpc) is 2.65. The van der Waals surface area contributed by atoms with Gasteiger partial charge in [-0.1, -0.05) is 31.2 Å². The summed E-state index contributed by atoms with van der Waals surface area (Å²) in [6, 6.07) is 0. The van der Waals surface area contributed by atoms with Crippen molar-refractivity contribution in [3.63, 3.8) is 0 Å². The van der Waals surface area contributed by atoms with Crippen LogP contribution in [0.4, 0.5) is 0 Å². The van der Waals surface area contributed by atoms with Gasteiger partial charge in [0.15, 0.2) is 0 Å². The van der Waals surface area contributed by atoms with E-state index in [2.05, 4.69) is 31.2 Å². The van der Waals surface area contributed by atoms with Crippen molar-refractivity contribution in [2.24, 2.45) is 29.1 Å². The van der Waals surface area contributed by atoms with Crippen LogP contribution in [-0.2, 0) is 4.74 Å². The van der Waals surface area contributed by atoms with Gasteiger partial charge in [0.05, 0.1) is 6.10 Å². The molecule has 2 fully saturated rings. The zero-order valence-electron chi connectivity index (χ0n) is 9.23. The SMILES string of the molecule is CCCO[C@@H]1C=CC2[C@H]3C4C=CC(C4)[C@]231. The van der Waals surface area contributed by atoms with Crippen LogP contribution in [0.2, 0.25) is 0 Å². The molecule has 0 aliphatic heterocycles. The lowest BCUT2D eigenvalue weighted by Gasteiger charge is -2.26. The molecule has 2 saturated carbocycles. The van der Waals surface area contributed by atoms with Gasteiger partial charge in [-0.25, -0.2) is 0 Å². The van der Waals surface area contributed by atoms with Gasteiger partial charge >= 0.3 is 0 Å². The molecule has 4 rings (SSSR count). The van der Waals surface area contributed by atoms with E-state index in [1.54, 1.807) is 0 Å². The zero-order valence-corrected chi connectivity index (χ0v) is 9.23. The fourth-order valence-electron chi connectivity index (χ4n) is 4.69. The second-order valence-corrected chi connectivity index (χ2v) is 5.62. The summed E-state index contributed by atoms with van der Waals surface area (Å²) in [5.41, 5.74) is 0.536. The van der Waals surface area contributed by atoms with Gasteiger partial charge < -0.3 is 4.74 Å². The van der Waals surface area contributed by atoms with E-state index in [-0.39, 0.29) is 0 Å². The molecule has 0 aromatic heterocycles. The number of hydrogen-bond acceptors (Lipinski definition) is 1. The fraction of sp³-hybridized carbons (Fsp3) is 0.714. The van der Waals surface area contributed by atoms with Crippen molar-refractivity contribution in [2.45, 2.75) is 25.9 Å². The van der Waals surface area contributed by atoms with Crippen LogP contribution in [0.25, 0.3) is 0 Å². The molecule has 4 aliphatic rings. The Kier molecular flexibility index (Phi) is 1.47. The Labute approximate surface area is 91.2 Å². The fourth-order valence-corrected chi connectivity index (χ4v) is 4.69. The van der Waals surface area contributed by atoms with Gasteiger partial charge in [0.25, 0.3) is 0 Å². The maximum absolute atomic E-state index is 6.04. The van der Waals surface area contributed by atoms with Crippen LogP contribution in [0.5, 0.6) is 0 Å². The molecule has 15 heavy (non-hydrogen) atoms. The van der Waals surface area contributed by atoms with Crippen LogP contribution in [0.3, 0.4) is 0 Å². The van der Waals surface area contributed by atoms with Crippen molar-refractivity contribution in [2.75, 3.05) is 6.61 Å². The summed E-state index contributed by atoms with van der Waals surface area (Å²) < 4.78 is 6.04. The van der Waals surface area contributed by atoms with Crippen LogP contribution >= 0.6 is 0 Å². The zero-order chi connectivity index (χ0) is 10.0. The summed E-state index contributed by atoms with van der Waals surface area (Å²) in [6.07, 6.45) is 12.7. The first-order valence-corrected chi connectivity index (χ1v) is 6.37. The Morgan fingerprint density at radius 3 is 3.07 bits per heavy atom. The smallest absolute Gasteiger partial charge is 0.0826 e. The molecule has 0 heterocycles. The standard InChI is InChI=1S/C14H18O/c1-2-7-15-12-6-5-11-13-9-3-4-10(8-9)14(11,12)13/h3-6,9-13H,2,7-8H2,1H3/t9?,10?,11?,12-,13-,14-/m1/s1. The van der Waals surface area contributed by atoms with Crippen LogP contribution in [0, 0.1) is 29.1 Å². The van der Waals surface area contributed by atoms with Crippen molar-refractivity contribution in [3.05, 3.63) is 24.3 Å². The minimum absolute atomic E-state index is 0.437. The van der Waals surface area contributed by atoms with E-state index >= 15 is 0 Å². The predicted molar refractivity (Wildman–Crippen MR) is 59.3 cm³/mol. The maximum Gasteiger partial charge on any atom is 0.0826 e. The predicted octanol–water partition coefficient (Wildman–Crippen LogP) is 2.79. The first-order chi connectivity index (χ1) is 7.39. The monoisotopic (exact) mass is 202 g/mol. The topological polar surface area (TPSA) is 9.23 Å². The highest BCUT2D eigenvalue weighted by molar-refractivity contribution is 5.41. The minimum atomic E-state index is 0.437. The van der Waals surface area contributed by atoms with E-state index in [1.807, 2.05) is 0 Å². The third-order valence-corrected chi connectivity index (χ3v) is 5.14. The van der Waals surface area contributed by atoms with Gasteiger partial charge in [-0.15, -0.1) is 0 Å². The summed E-state index contributed by atoms with van der Waals surface area (Å²) in [7, 11) is 0. The van der Waals surface area contributed by atoms with Crippen molar-refractivity contribution >= 4 is 0 Å². The molecule has 1 heteroatoms. The van der Waals surface area contributed by atoms with Crippen molar-refractivity contribution in [1.82, 2.24) is 0 Å². The first kappa shape index (κ1) is 8.58. The van der Waals surface area contributed by atoms with Gasteiger partial charge in [0.2, 0.25) is 0 Å². The first-order valence-electron chi connectivity index (χ1n) is 6.37. The van der Waals surface area contributed by atoms with Gasteiger partial charge in [0, 0.05) is 12.0 Å². The third kappa shape index (κ3) is 0.782. The quantitative estimate of drug-likeness (QED) is 0.639. The lowest BCUT2D eigenvalue weighted by atomic mass is 9.85. The average molecular weight is 202 g/mol. The summed E-state index contributed by atoms with van der Waals surface area (Å²) >= 11 is 0. The number of ether oxygens (including phenoxy) is 1. The van der Waals surface area contributed by atoms with E-state index in [0.717, 1.165) is 36.7 Å². The number of rotatable bonds is 3. The largest absolute Gasteiger partial charge is 0.374 e. The molecule has 0 N–H and O–H groups in total. The molecule has 80 valence electrons. The molecule has 3 unspecified atom stereocenters. The van der Waals surface area contributed by atoms with E-state index in [0.29, 0.717) is 11.5 Å². The molecule has 6 atom stereocenters. The van der Waals surface area contributed by atoms with Crippen molar-refractivity contribution < 1.29 is 4.74 Å². The molecule has 0 aromatic rings. The second-order valence-electron chi connectivity index (χ2n) is 5.62. The van der Waals surface area contributed by atoms with Crippen LogP contribution in [0.1, 0.15) is 19.8 Å². The molecule has 1 nitrogen and oxygen atoms in total. The van der Waals surface area contributed by atoms with E-state index in [4.69, 9.17) is 4.74 Å². The number of fused-ring (bicyclic) bond motifs is 4. The molecule has 1 spiro atoms. The molecule has 0 amide bonds. The molecule has 4 aliphatic carbocycles. The highest BCUT2D eigenvalue weighted by atomic mass is 16.5. The Bertz CT molecular complexity index is 356. The molecule has 0 aromatic carbocycles. The Hall–Kier alpha value is -0.560. The second kappa shape index (κ2) is 2.57. The Morgan fingerprint density at radius 1 is 1.27 bits per heavy atom. The van der Waals surface area contributed by atoms with Gasteiger partial charge in [0.1, 0.15) is 0 Å². The highest BCUT2D eigenvalue weighted by Gasteiger charge is 2.78. The van der Waals surface area contributed by atoms with Gasteiger partial charge in [-0.05, 0) is 36.5 Å². The molecule has 2 bridgehead atoms. The summed E-state index contributed by atoms with van der Waals surface area (Å²) in [4.78, 5) is 0. The van der Waals surface area contributed by atoms with Gasteiger partial charge in [-0.2, -0.15) is 0 Å². The normalized spacial score (nSPS) is 57.3. The minimum Gasteiger partial charge on any atom is -0.374 e. The van der Waals surface area contributed by atoms with Crippen LogP contribution in [-0.4, -0.2) is 12.7 Å². The van der Waals surface area contributed by atoms with E-state index in [9.17, 15) is 0 Å². The lowest BCUT2D eigenvalue weighted by molar-refractivity contribution is 0.0218.